The van der Waals surface area contributed by atoms with E-state index in [-0.39, 0.29) is 6.04 Å². The molecule has 0 aromatic rings. The highest BCUT2D eigenvalue weighted by molar-refractivity contribution is 5.50. The number of carbonyl (C=O) groups excluding carboxylic acids is 1. The Morgan fingerprint density at radius 3 is 2.25 bits per heavy atom. The van der Waals surface area contributed by atoms with Crippen molar-refractivity contribution in [2.24, 2.45) is 11.8 Å². The van der Waals surface area contributed by atoms with Crippen LogP contribution in [-0.2, 0) is 4.79 Å². The lowest BCUT2D eigenvalue weighted by atomic mass is 9.94. The Morgan fingerprint density at radius 1 is 1.25 bits per heavy atom. The molecule has 1 N–H and O–H groups in total. The maximum atomic E-state index is 10.0. The largest absolute Gasteiger partial charge is 0.291 e. The van der Waals surface area contributed by atoms with Crippen LogP contribution in [0.15, 0.2) is 0 Å². The Hall–Kier alpha value is -0.370. The number of hydrogen-bond acceptors (Lipinski definition) is 1. The van der Waals surface area contributed by atoms with E-state index < -0.39 is 0 Å². The summed E-state index contributed by atoms with van der Waals surface area (Å²) in [6.45, 7) is 6.17. The molecule has 0 saturated carbocycles. The molecular formula is C10H19NO. The first-order chi connectivity index (χ1) is 5.57. The van der Waals surface area contributed by atoms with Gasteiger partial charge >= 0.3 is 0 Å². The van der Waals surface area contributed by atoms with Gasteiger partial charge in [0.15, 0.2) is 6.29 Å². The molecule has 0 aromatic heterocycles. The predicted octanol–water partition coefficient (Wildman–Crippen LogP) is 2.21. The summed E-state index contributed by atoms with van der Waals surface area (Å²) in [6.07, 6.45) is 4.30. The molecule has 12 heavy (non-hydrogen) atoms. The molecule has 0 fully saturated rings. The van der Waals surface area contributed by atoms with Crippen LogP contribution < -0.4 is 5.73 Å². The lowest BCUT2D eigenvalue weighted by Crippen LogP contribution is -2.17. The molecule has 2 heteroatoms. The maximum absolute atomic E-state index is 10.0. The molecule has 0 aliphatic rings. The van der Waals surface area contributed by atoms with Crippen molar-refractivity contribution >= 4 is 6.29 Å². The summed E-state index contributed by atoms with van der Waals surface area (Å²) in [5.74, 6) is 0.825. The minimum absolute atomic E-state index is 0.0269. The zero-order valence-corrected chi connectivity index (χ0v) is 8.26. The van der Waals surface area contributed by atoms with E-state index in [1.807, 2.05) is 13.2 Å². The zero-order chi connectivity index (χ0) is 9.56. The second kappa shape index (κ2) is 6.18. The van der Waals surface area contributed by atoms with E-state index >= 15 is 0 Å². The van der Waals surface area contributed by atoms with Crippen molar-refractivity contribution < 1.29 is 4.79 Å². The first kappa shape index (κ1) is 11.6. The molecule has 0 bridgehead atoms. The molecule has 0 saturated heterocycles. The van der Waals surface area contributed by atoms with E-state index in [1.165, 1.54) is 0 Å². The molecule has 0 heterocycles. The smallest absolute Gasteiger partial charge is 0.198 e. The quantitative estimate of drug-likeness (QED) is 0.601. The molecular weight excluding hydrogens is 150 g/mol. The zero-order valence-electron chi connectivity index (χ0n) is 8.26. The molecule has 2 unspecified atom stereocenters. The predicted molar refractivity (Wildman–Crippen MR) is 50.4 cm³/mol. The van der Waals surface area contributed by atoms with Crippen molar-refractivity contribution in [3.8, 4) is 0 Å². The third kappa shape index (κ3) is 5.30. The lowest BCUT2D eigenvalue weighted by molar-refractivity contribution is 0.398. The fraction of sp³-hybridized carbons (Fsp3) is 0.900. The number of hydrogen-bond donors (Lipinski definition) is 0. The van der Waals surface area contributed by atoms with E-state index in [0.717, 1.165) is 12.8 Å². The topological polar surface area (TPSA) is 40.9 Å². The molecule has 0 aliphatic heterocycles. The van der Waals surface area contributed by atoms with Crippen molar-refractivity contribution in [1.29, 1.82) is 0 Å². The standard InChI is InChI=1S/C10H19NO/c1-8(2)10(11)5-4-9(3)6-7-12/h8-11H,4-6H2,1-3H3. The minimum atomic E-state index is 0.0269. The van der Waals surface area contributed by atoms with Crippen molar-refractivity contribution in [1.82, 2.24) is 5.73 Å². The molecule has 2 atom stereocenters. The van der Waals surface area contributed by atoms with Gasteiger partial charge in [-0.15, -0.1) is 0 Å². The third-order valence-electron chi connectivity index (χ3n) is 2.21. The Labute approximate surface area is 75.5 Å². The van der Waals surface area contributed by atoms with Crippen molar-refractivity contribution in [2.45, 2.75) is 46.1 Å². The van der Waals surface area contributed by atoms with Gasteiger partial charge in [-0.1, -0.05) is 20.8 Å². The van der Waals surface area contributed by atoms with Gasteiger partial charge in [-0.05, 0) is 24.7 Å². The Kier molecular flexibility index (Phi) is 5.99. The van der Waals surface area contributed by atoms with Crippen LogP contribution in [0.2, 0.25) is 0 Å². The van der Waals surface area contributed by atoms with Gasteiger partial charge in [0, 0.05) is 12.5 Å². The van der Waals surface area contributed by atoms with Crippen LogP contribution in [0.25, 0.3) is 0 Å². The van der Waals surface area contributed by atoms with Crippen molar-refractivity contribution in [2.75, 3.05) is 0 Å². The van der Waals surface area contributed by atoms with E-state index in [1.54, 1.807) is 0 Å². The second-order valence-electron chi connectivity index (χ2n) is 3.88. The fourth-order valence-electron chi connectivity index (χ4n) is 1.04. The van der Waals surface area contributed by atoms with Crippen LogP contribution in [-0.4, -0.2) is 12.3 Å². The Morgan fingerprint density at radius 2 is 1.83 bits per heavy atom. The third-order valence-corrected chi connectivity index (χ3v) is 2.21. The molecule has 0 spiro atoms. The summed E-state index contributed by atoms with van der Waals surface area (Å²) in [6, 6.07) is 0.0269. The van der Waals surface area contributed by atoms with Gasteiger partial charge in [0.2, 0.25) is 0 Å². The SMILES string of the molecule is CC(C[C]=O)CCC([NH])C(C)C. The first-order valence-electron chi connectivity index (χ1n) is 4.64. The normalized spacial score (nSPS) is 16.1. The van der Waals surface area contributed by atoms with Crippen LogP contribution >= 0.6 is 0 Å². The average Bonchev–Trinajstić information content (AvgIpc) is 2.00. The van der Waals surface area contributed by atoms with E-state index in [0.29, 0.717) is 18.3 Å². The maximum Gasteiger partial charge on any atom is 0.198 e. The molecule has 0 rings (SSSR count). The van der Waals surface area contributed by atoms with Gasteiger partial charge in [0.1, 0.15) is 0 Å². The van der Waals surface area contributed by atoms with Crippen molar-refractivity contribution in [3.05, 3.63) is 0 Å². The van der Waals surface area contributed by atoms with Crippen LogP contribution in [0.5, 0.6) is 0 Å². The summed E-state index contributed by atoms with van der Waals surface area (Å²) in [7, 11) is 0. The fourth-order valence-corrected chi connectivity index (χ4v) is 1.04. The van der Waals surface area contributed by atoms with E-state index in [9.17, 15) is 4.79 Å². The highest BCUT2D eigenvalue weighted by atomic mass is 16.1. The molecule has 70 valence electrons. The number of rotatable bonds is 6. The van der Waals surface area contributed by atoms with E-state index in [4.69, 9.17) is 5.73 Å². The summed E-state index contributed by atoms with van der Waals surface area (Å²) in [5, 5.41) is 0. The van der Waals surface area contributed by atoms with Gasteiger partial charge < -0.3 is 0 Å². The Balaban J connectivity index is 3.46. The molecule has 0 aromatic carbocycles. The second-order valence-corrected chi connectivity index (χ2v) is 3.88. The molecule has 0 amide bonds. The van der Waals surface area contributed by atoms with Gasteiger partial charge in [-0.25, -0.2) is 0 Å². The summed E-state index contributed by atoms with van der Waals surface area (Å²) >= 11 is 0. The van der Waals surface area contributed by atoms with Gasteiger partial charge in [-0.2, -0.15) is 0 Å². The van der Waals surface area contributed by atoms with Gasteiger partial charge in [0.25, 0.3) is 0 Å². The van der Waals surface area contributed by atoms with Gasteiger partial charge in [0.05, 0.1) is 0 Å². The average molecular weight is 169 g/mol. The van der Waals surface area contributed by atoms with Crippen LogP contribution in [0.4, 0.5) is 0 Å². The van der Waals surface area contributed by atoms with Crippen molar-refractivity contribution in [3.63, 3.8) is 0 Å². The van der Waals surface area contributed by atoms with Crippen LogP contribution in [0.3, 0.4) is 0 Å². The molecule has 2 nitrogen and oxygen atoms in total. The van der Waals surface area contributed by atoms with Crippen LogP contribution in [0.1, 0.15) is 40.0 Å². The monoisotopic (exact) mass is 169 g/mol. The summed E-state index contributed by atoms with van der Waals surface area (Å²) in [5.41, 5.74) is 7.65. The van der Waals surface area contributed by atoms with Gasteiger partial charge in [-0.3, -0.25) is 10.5 Å². The Bertz CT molecular complexity index is 123. The highest BCUT2D eigenvalue weighted by Crippen LogP contribution is 2.14. The lowest BCUT2D eigenvalue weighted by Gasteiger charge is -2.15. The highest BCUT2D eigenvalue weighted by Gasteiger charge is 2.10. The molecule has 0 aliphatic carbocycles. The van der Waals surface area contributed by atoms with E-state index in [2.05, 4.69) is 13.8 Å². The minimum Gasteiger partial charge on any atom is -0.291 e. The summed E-state index contributed by atoms with van der Waals surface area (Å²) in [4.78, 5) is 10.0. The summed E-state index contributed by atoms with van der Waals surface area (Å²) < 4.78 is 0. The first-order valence-corrected chi connectivity index (χ1v) is 4.64. The molecule has 2 radical (unpaired) electrons. The van der Waals surface area contributed by atoms with Crippen LogP contribution in [0, 0.1) is 11.8 Å². The number of nitrogens with one attached hydrogen (secondary N) is 1.